The van der Waals surface area contributed by atoms with Gasteiger partial charge in [-0.05, 0) is 36.8 Å². The van der Waals surface area contributed by atoms with Crippen LogP contribution in [-0.2, 0) is 4.79 Å². The van der Waals surface area contributed by atoms with Gasteiger partial charge in [0.1, 0.15) is 11.3 Å². The lowest BCUT2D eigenvalue weighted by atomic mass is 10.1. The molecule has 0 aliphatic rings. The maximum Gasteiger partial charge on any atom is 0.297 e. The number of Topliss-reactive ketones (excluding diaryl/α,β-unsaturated/α-hetero) is 1. The zero-order valence-corrected chi connectivity index (χ0v) is 13.8. The molecule has 0 bridgehead atoms. The lowest BCUT2D eigenvalue weighted by Crippen LogP contribution is -2.29. The fraction of sp³-hybridized carbons (Fsp3) is 0.0556. The third-order valence-corrected chi connectivity index (χ3v) is 4.25. The Labute approximate surface area is 147 Å². The van der Waals surface area contributed by atoms with E-state index >= 15 is 0 Å². The molecule has 0 spiro atoms. The molecule has 0 fully saturated rings. The van der Waals surface area contributed by atoms with Crippen LogP contribution in [0, 0.1) is 6.92 Å². The number of rotatable bonds is 3. The van der Waals surface area contributed by atoms with Crippen LogP contribution in [0.25, 0.3) is 10.9 Å². The number of benzene rings is 2. The standard InChI is InChI=1S/C18H13ClN2O4/c1-9-11(19)6-4-8-12(9)20-18(25)16(23)14-15(22)10-5-2-3-7-13(10)21-17(14)24/h2-8H,1H3,(H,20,25)(H2,21,22,24). The molecule has 1 amide bonds. The van der Waals surface area contributed by atoms with Crippen LogP contribution in [0.5, 0.6) is 5.75 Å². The van der Waals surface area contributed by atoms with E-state index in [0.717, 1.165) is 0 Å². The Balaban J connectivity index is 2.01. The summed E-state index contributed by atoms with van der Waals surface area (Å²) >= 11 is 5.98. The zero-order chi connectivity index (χ0) is 18.1. The normalized spacial score (nSPS) is 10.6. The van der Waals surface area contributed by atoms with Crippen LogP contribution in [0.4, 0.5) is 5.69 Å². The van der Waals surface area contributed by atoms with Gasteiger partial charge in [0.05, 0.1) is 5.52 Å². The van der Waals surface area contributed by atoms with Gasteiger partial charge in [-0.25, -0.2) is 0 Å². The molecule has 1 aromatic heterocycles. The van der Waals surface area contributed by atoms with Crippen molar-refractivity contribution in [1.29, 1.82) is 0 Å². The largest absolute Gasteiger partial charge is 0.506 e. The highest BCUT2D eigenvalue weighted by Gasteiger charge is 2.25. The number of amides is 1. The first-order valence-electron chi connectivity index (χ1n) is 7.35. The van der Waals surface area contributed by atoms with Crippen molar-refractivity contribution in [2.24, 2.45) is 0 Å². The number of anilines is 1. The highest BCUT2D eigenvalue weighted by atomic mass is 35.5. The Bertz CT molecular complexity index is 1070. The van der Waals surface area contributed by atoms with Crippen molar-refractivity contribution >= 4 is 39.9 Å². The summed E-state index contributed by atoms with van der Waals surface area (Å²) in [4.78, 5) is 39.3. The quantitative estimate of drug-likeness (QED) is 0.496. The van der Waals surface area contributed by atoms with E-state index in [2.05, 4.69) is 10.3 Å². The van der Waals surface area contributed by atoms with E-state index in [9.17, 15) is 19.5 Å². The number of fused-ring (bicyclic) bond motifs is 1. The summed E-state index contributed by atoms with van der Waals surface area (Å²) in [6.07, 6.45) is 0. The molecule has 0 aliphatic carbocycles. The first kappa shape index (κ1) is 16.7. The van der Waals surface area contributed by atoms with Crippen molar-refractivity contribution in [3.63, 3.8) is 0 Å². The zero-order valence-electron chi connectivity index (χ0n) is 13.1. The first-order chi connectivity index (χ1) is 11.9. The summed E-state index contributed by atoms with van der Waals surface area (Å²) < 4.78 is 0. The molecular weight excluding hydrogens is 344 g/mol. The van der Waals surface area contributed by atoms with Crippen molar-refractivity contribution < 1.29 is 14.7 Å². The summed E-state index contributed by atoms with van der Waals surface area (Å²) in [6.45, 7) is 1.68. The summed E-state index contributed by atoms with van der Waals surface area (Å²) in [5.41, 5.74) is -0.132. The van der Waals surface area contributed by atoms with Gasteiger partial charge in [-0.3, -0.25) is 14.4 Å². The number of pyridine rings is 1. The number of nitrogens with one attached hydrogen (secondary N) is 2. The topological polar surface area (TPSA) is 99.3 Å². The molecule has 126 valence electrons. The number of hydrogen-bond acceptors (Lipinski definition) is 4. The van der Waals surface area contributed by atoms with Crippen molar-refractivity contribution in [3.8, 4) is 5.75 Å². The SMILES string of the molecule is Cc1c(Cl)cccc1NC(=O)C(=O)c1c(O)c2ccccc2[nH]c1=O. The fourth-order valence-corrected chi connectivity index (χ4v) is 2.65. The van der Waals surface area contributed by atoms with Crippen LogP contribution in [0.2, 0.25) is 5.02 Å². The van der Waals surface area contributed by atoms with Crippen LogP contribution in [0.1, 0.15) is 15.9 Å². The Morgan fingerprint density at radius 3 is 2.60 bits per heavy atom. The molecule has 0 atom stereocenters. The Hall–Kier alpha value is -3.12. The van der Waals surface area contributed by atoms with Crippen LogP contribution in [0.15, 0.2) is 47.3 Å². The van der Waals surface area contributed by atoms with Crippen LogP contribution in [-0.4, -0.2) is 21.8 Å². The maximum atomic E-state index is 12.4. The predicted octanol–water partition coefficient (Wildman–Crippen LogP) is 3.02. The number of para-hydroxylation sites is 1. The molecular formula is C18H13ClN2O4. The second-order valence-electron chi connectivity index (χ2n) is 5.42. The molecule has 0 saturated carbocycles. The van der Waals surface area contributed by atoms with E-state index in [0.29, 0.717) is 21.8 Å². The van der Waals surface area contributed by atoms with Gasteiger partial charge in [-0.2, -0.15) is 0 Å². The molecule has 0 unspecified atom stereocenters. The van der Waals surface area contributed by atoms with E-state index in [-0.39, 0.29) is 5.39 Å². The van der Waals surface area contributed by atoms with E-state index in [1.165, 1.54) is 6.07 Å². The summed E-state index contributed by atoms with van der Waals surface area (Å²) in [5.74, 6) is -2.70. The maximum absolute atomic E-state index is 12.4. The lowest BCUT2D eigenvalue weighted by molar-refractivity contribution is -0.112. The Morgan fingerprint density at radius 2 is 1.84 bits per heavy atom. The molecule has 25 heavy (non-hydrogen) atoms. The molecule has 3 rings (SSSR count). The predicted molar refractivity (Wildman–Crippen MR) is 95.4 cm³/mol. The molecule has 0 radical (unpaired) electrons. The monoisotopic (exact) mass is 356 g/mol. The summed E-state index contributed by atoms with van der Waals surface area (Å²) in [5, 5.41) is 13.4. The van der Waals surface area contributed by atoms with Crippen molar-refractivity contribution in [3.05, 3.63) is 69.0 Å². The average Bonchev–Trinajstić information content (AvgIpc) is 2.58. The number of aromatic hydroxyl groups is 1. The number of ketones is 1. The third kappa shape index (κ3) is 2.99. The van der Waals surface area contributed by atoms with Gasteiger partial charge in [0, 0.05) is 16.1 Å². The molecule has 3 aromatic rings. The molecule has 7 heteroatoms. The van der Waals surface area contributed by atoms with Gasteiger partial charge in [0.15, 0.2) is 0 Å². The van der Waals surface area contributed by atoms with Gasteiger partial charge < -0.3 is 15.4 Å². The number of aromatic amines is 1. The highest BCUT2D eigenvalue weighted by Crippen LogP contribution is 2.26. The molecule has 6 nitrogen and oxygen atoms in total. The minimum Gasteiger partial charge on any atom is -0.506 e. The number of carbonyl (C=O) groups is 2. The van der Waals surface area contributed by atoms with Crippen molar-refractivity contribution in [1.82, 2.24) is 4.98 Å². The number of aromatic nitrogens is 1. The molecule has 2 aromatic carbocycles. The van der Waals surface area contributed by atoms with Gasteiger partial charge >= 0.3 is 0 Å². The lowest BCUT2D eigenvalue weighted by Gasteiger charge is -2.10. The van der Waals surface area contributed by atoms with Crippen LogP contribution >= 0.6 is 11.6 Å². The third-order valence-electron chi connectivity index (χ3n) is 3.84. The minimum absolute atomic E-state index is 0.275. The average molecular weight is 357 g/mol. The second-order valence-corrected chi connectivity index (χ2v) is 5.83. The molecule has 3 N–H and O–H groups in total. The smallest absolute Gasteiger partial charge is 0.297 e. The van der Waals surface area contributed by atoms with Crippen molar-refractivity contribution in [2.75, 3.05) is 5.32 Å². The van der Waals surface area contributed by atoms with Crippen LogP contribution in [0.3, 0.4) is 0 Å². The van der Waals surface area contributed by atoms with Gasteiger partial charge in [0.2, 0.25) is 0 Å². The minimum atomic E-state index is -1.14. The first-order valence-corrected chi connectivity index (χ1v) is 7.72. The number of halogens is 1. The Morgan fingerprint density at radius 1 is 1.12 bits per heavy atom. The fourth-order valence-electron chi connectivity index (χ4n) is 2.47. The van der Waals surface area contributed by atoms with E-state index in [4.69, 9.17) is 11.6 Å². The van der Waals surface area contributed by atoms with Crippen LogP contribution < -0.4 is 10.9 Å². The van der Waals surface area contributed by atoms with Gasteiger partial charge in [-0.15, -0.1) is 0 Å². The molecule has 1 heterocycles. The number of hydrogen-bond donors (Lipinski definition) is 3. The molecule has 0 saturated heterocycles. The molecule has 0 aliphatic heterocycles. The highest BCUT2D eigenvalue weighted by molar-refractivity contribution is 6.47. The summed E-state index contributed by atoms with van der Waals surface area (Å²) in [7, 11) is 0. The van der Waals surface area contributed by atoms with Gasteiger partial charge in [-0.1, -0.05) is 29.8 Å². The summed E-state index contributed by atoms with van der Waals surface area (Å²) in [6, 6.07) is 11.3. The second kappa shape index (κ2) is 6.41. The Kier molecular flexibility index (Phi) is 4.29. The van der Waals surface area contributed by atoms with Crippen molar-refractivity contribution in [2.45, 2.75) is 6.92 Å². The van der Waals surface area contributed by atoms with E-state index < -0.39 is 28.6 Å². The number of carbonyl (C=O) groups excluding carboxylic acids is 2. The van der Waals surface area contributed by atoms with Gasteiger partial charge in [0.25, 0.3) is 17.2 Å². The number of H-pyrrole nitrogens is 1. The van der Waals surface area contributed by atoms with E-state index in [1.807, 2.05) is 0 Å². The van der Waals surface area contributed by atoms with E-state index in [1.54, 1.807) is 43.3 Å².